The summed E-state index contributed by atoms with van der Waals surface area (Å²) in [6.07, 6.45) is 4.19. The van der Waals surface area contributed by atoms with E-state index < -0.39 is 0 Å². The maximum atomic E-state index is 11.2. The van der Waals surface area contributed by atoms with Crippen molar-refractivity contribution in [2.75, 3.05) is 18.0 Å². The van der Waals surface area contributed by atoms with Gasteiger partial charge in [-0.15, -0.1) is 0 Å². The molecule has 0 radical (unpaired) electrons. The first-order valence-corrected chi connectivity index (χ1v) is 7.11. The maximum absolute atomic E-state index is 11.2. The number of aromatic nitrogens is 1. The Hall–Kier alpha value is -0.900. The van der Waals surface area contributed by atoms with Crippen LogP contribution < -0.4 is 4.90 Å². The molecular weight excluding hydrogens is 232 g/mol. The second-order valence-corrected chi connectivity index (χ2v) is 6.14. The highest BCUT2D eigenvalue weighted by Gasteiger charge is 2.23. The van der Waals surface area contributed by atoms with E-state index in [0.717, 1.165) is 34.9 Å². The molecule has 0 aliphatic carbocycles. The van der Waals surface area contributed by atoms with Gasteiger partial charge in [0.1, 0.15) is 0 Å². The van der Waals surface area contributed by atoms with E-state index in [1.54, 1.807) is 13.1 Å². The minimum absolute atomic E-state index is 0.116. The fraction of sp³-hybridized carbons (Fsp3) is 0.692. The molecule has 0 bridgehead atoms. The third-order valence-corrected chi connectivity index (χ3v) is 4.75. The zero-order valence-corrected chi connectivity index (χ0v) is 11.6. The second kappa shape index (κ2) is 5.17. The molecule has 1 saturated heterocycles. The first-order chi connectivity index (χ1) is 8.08. The molecule has 94 valence electrons. The number of hydrogen-bond donors (Lipinski definition) is 0. The average Bonchev–Trinajstić information content (AvgIpc) is 2.78. The summed E-state index contributed by atoms with van der Waals surface area (Å²) >= 11 is 1.52. The Morgan fingerprint density at radius 3 is 2.59 bits per heavy atom. The molecule has 2 rings (SSSR count). The molecule has 0 saturated carbocycles. The van der Waals surface area contributed by atoms with Crippen LogP contribution in [0.2, 0.25) is 0 Å². The van der Waals surface area contributed by atoms with E-state index in [4.69, 9.17) is 0 Å². The Balaban J connectivity index is 1.98. The highest BCUT2D eigenvalue weighted by Crippen LogP contribution is 2.30. The lowest BCUT2D eigenvalue weighted by Gasteiger charge is -2.33. The molecule has 0 spiro atoms. The van der Waals surface area contributed by atoms with Crippen molar-refractivity contribution in [3.05, 3.63) is 11.1 Å². The predicted molar refractivity (Wildman–Crippen MR) is 71.9 cm³/mol. The smallest absolute Gasteiger partial charge is 0.185 e. The fourth-order valence-electron chi connectivity index (χ4n) is 2.33. The number of Topliss-reactive ketones (excluding diaryl/α,β-unsaturated/α-hetero) is 1. The van der Waals surface area contributed by atoms with Gasteiger partial charge in [0.25, 0.3) is 0 Å². The van der Waals surface area contributed by atoms with Crippen LogP contribution in [0, 0.1) is 11.8 Å². The van der Waals surface area contributed by atoms with Gasteiger partial charge in [0.2, 0.25) is 0 Å². The SMILES string of the molecule is CC(=O)c1cnc(N2CCC(C(C)C)CC2)s1. The Morgan fingerprint density at radius 2 is 2.12 bits per heavy atom. The molecule has 1 aliphatic heterocycles. The van der Waals surface area contributed by atoms with E-state index in [-0.39, 0.29) is 5.78 Å². The highest BCUT2D eigenvalue weighted by atomic mass is 32.1. The van der Waals surface area contributed by atoms with Crippen molar-refractivity contribution in [1.29, 1.82) is 0 Å². The lowest BCUT2D eigenvalue weighted by atomic mass is 9.87. The third-order valence-electron chi connectivity index (χ3n) is 3.59. The molecule has 17 heavy (non-hydrogen) atoms. The Kier molecular flexibility index (Phi) is 3.82. The zero-order chi connectivity index (χ0) is 12.4. The van der Waals surface area contributed by atoms with Gasteiger partial charge in [-0.3, -0.25) is 4.79 Å². The number of ketones is 1. The molecule has 0 amide bonds. The van der Waals surface area contributed by atoms with Gasteiger partial charge < -0.3 is 4.90 Å². The molecule has 0 aromatic carbocycles. The summed E-state index contributed by atoms with van der Waals surface area (Å²) in [6, 6.07) is 0. The molecule has 2 heterocycles. The van der Waals surface area contributed by atoms with Gasteiger partial charge in [-0.1, -0.05) is 25.2 Å². The van der Waals surface area contributed by atoms with Crippen LogP contribution >= 0.6 is 11.3 Å². The summed E-state index contributed by atoms with van der Waals surface area (Å²) in [5.74, 6) is 1.74. The van der Waals surface area contributed by atoms with E-state index in [1.807, 2.05) is 0 Å². The van der Waals surface area contributed by atoms with Crippen LogP contribution in [0.4, 0.5) is 5.13 Å². The monoisotopic (exact) mass is 252 g/mol. The predicted octanol–water partition coefficient (Wildman–Crippen LogP) is 3.22. The van der Waals surface area contributed by atoms with E-state index in [2.05, 4.69) is 23.7 Å². The molecule has 1 aliphatic rings. The first kappa shape index (κ1) is 12.6. The van der Waals surface area contributed by atoms with E-state index in [9.17, 15) is 4.79 Å². The molecule has 0 atom stereocenters. The molecule has 3 nitrogen and oxygen atoms in total. The lowest BCUT2D eigenvalue weighted by molar-refractivity contribution is 0.102. The topological polar surface area (TPSA) is 33.2 Å². The van der Waals surface area contributed by atoms with Crippen molar-refractivity contribution in [3.8, 4) is 0 Å². The van der Waals surface area contributed by atoms with Gasteiger partial charge in [0, 0.05) is 20.0 Å². The summed E-state index contributed by atoms with van der Waals surface area (Å²) in [5.41, 5.74) is 0. The number of carbonyl (C=O) groups excluding carboxylic acids is 1. The Morgan fingerprint density at radius 1 is 1.47 bits per heavy atom. The first-order valence-electron chi connectivity index (χ1n) is 6.29. The van der Waals surface area contributed by atoms with Crippen molar-refractivity contribution in [1.82, 2.24) is 4.98 Å². The van der Waals surface area contributed by atoms with Crippen molar-refractivity contribution in [3.63, 3.8) is 0 Å². The highest BCUT2D eigenvalue weighted by molar-refractivity contribution is 7.17. The van der Waals surface area contributed by atoms with Crippen LogP contribution in [0.5, 0.6) is 0 Å². The minimum atomic E-state index is 0.116. The third kappa shape index (κ3) is 2.86. The number of carbonyl (C=O) groups is 1. The summed E-state index contributed by atoms with van der Waals surface area (Å²) in [7, 11) is 0. The van der Waals surface area contributed by atoms with Crippen LogP contribution in [0.1, 0.15) is 43.3 Å². The van der Waals surface area contributed by atoms with Crippen LogP contribution in [-0.4, -0.2) is 23.9 Å². The van der Waals surface area contributed by atoms with Gasteiger partial charge in [0.05, 0.1) is 11.1 Å². The number of anilines is 1. The molecular formula is C13H20N2OS. The lowest BCUT2D eigenvalue weighted by Crippen LogP contribution is -2.35. The molecule has 1 aromatic rings. The molecule has 1 aromatic heterocycles. The fourth-order valence-corrected chi connectivity index (χ4v) is 3.19. The van der Waals surface area contributed by atoms with Crippen molar-refractivity contribution >= 4 is 22.3 Å². The van der Waals surface area contributed by atoms with Gasteiger partial charge in [-0.2, -0.15) is 0 Å². The minimum Gasteiger partial charge on any atom is -0.348 e. The van der Waals surface area contributed by atoms with Gasteiger partial charge in [0.15, 0.2) is 10.9 Å². The van der Waals surface area contributed by atoms with Crippen LogP contribution in [0.25, 0.3) is 0 Å². The summed E-state index contributed by atoms with van der Waals surface area (Å²) in [5, 5.41) is 1.01. The maximum Gasteiger partial charge on any atom is 0.185 e. The number of hydrogen-bond acceptors (Lipinski definition) is 4. The summed E-state index contributed by atoms with van der Waals surface area (Å²) in [6.45, 7) is 8.36. The molecule has 1 fully saturated rings. The van der Waals surface area contributed by atoms with Crippen LogP contribution in [0.3, 0.4) is 0 Å². The van der Waals surface area contributed by atoms with Crippen molar-refractivity contribution < 1.29 is 4.79 Å². The number of piperidine rings is 1. The largest absolute Gasteiger partial charge is 0.348 e. The Labute approximate surface area is 107 Å². The van der Waals surface area contributed by atoms with Crippen molar-refractivity contribution in [2.45, 2.75) is 33.6 Å². The Bertz CT molecular complexity index is 392. The van der Waals surface area contributed by atoms with Gasteiger partial charge >= 0.3 is 0 Å². The molecule has 4 heteroatoms. The van der Waals surface area contributed by atoms with E-state index >= 15 is 0 Å². The average molecular weight is 252 g/mol. The molecule has 0 unspecified atom stereocenters. The summed E-state index contributed by atoms with van der Waals surface area (Å²) < 4.78 is 0. The second-order valence-electron chi connectivity index (χ2n) is 5.13. The van der Waals surface area contributed by atoms with Gasteiger partial charge in [-0.25, -0.2) is 4.98 Å². The number of rotatable bonds is 3. The van der Waals surface area contributed by atoms with Crippen LogP contribution in [0.15, 0.2) is 6.20 Å². The van der Waals surface area contributed by atoms with E-state index in [0.29, 0.717) is 0 Å². The summed E-state index contributed by atoms with van der Waals surface area (Å²) in [4.78, 5) is 18.7. The van der Waals surface area contributed by atoms with Gasteiger partial charge in [-0.05, 0) is 24.7 Å². The quantitative estimate of drug-likeness (QED) is 0.774. The standard InChI is InChI=1S/C13H20N2OS/c1-9(2)11-4-6-15(7-5-11)13-14-8-12(17-13)10(3)16/h8-9,11H,4-7H2,1-3H3. The van der Waals surface area contributed by atoms with Crippen molar-refractivity contribution in [2.24, 2.45) is 11.8 Å². The molecule has 0 N–H and O–H groups in total. The normalized spacial score (nSPS) is 17.8. The number of thiazole rings is 1. The zero-order valence-electron chi connectivity index (χ0n) is 10.8. The van der Waals surface area contributed by atoms with Crippen LogP contribution in [-0.2, 0) is 0 Å². The number of nitrogens with zero attached hydrogens (tertiary/aromatic N) is 2. The van der Waals surface area contributed by atoms with E-state index in [1.165, 1.54) is 24.2 Å².